The molecule has 0 N–H and O–H groups in total. The lowest BCUT2D eigenvalue weighted by atomic mass is 9.80. The van der Waals surface area contributed by atoms with Crippen molar-refractivity contribution < 1.29 is 9.53 Å². The predicted molar refractivity (Wildman–Crippen MR) is 70.2 cm³/mol. The maximum atomic E-state index is 12.6. The van der Waals surface area contributed by atoms with Gasteiger partial charge in [0.15, 0.2) is 5.78 Å². The highest BCUT2D eigenvalue weighted by Gasteiger charge is 2.37. The third-order valence-corrected chi connectivity index (χ3v) is 4.36. The second-order valence-corrected chi connectivity index (χ2v) is 5.32. The number of Topliss-reactive ketones (excluding diaryl/α,β-unsaturated/α-hetero) is 1. The zero-order chi connectivity index (χ0) is 12.9. The number of carbonyl (C=O) groups is 1. The van der Waals surface area contributed by atoms with Crippen molar-refractivity contribution in [2.24, 2.45) is 5.92 Å². The van der Waals surface area contributed by atoms with Crippen LogP contribution >= 0.6 is 0 Å². The molecule has 0 radical (unpaired) electrons. The van der Waals surface area contributed by atoms with Gasteiger partial charge in [-0.15, -0.1) is 0 Å². The van der Waals surface area contributed by atoms with Crippen LogP contribution in [0.4, 0.5) is 0 Å². The average molecular weight is 241 g/mol. The van der Waals surface area contributed by atoms with Crippen molar-refractivity contribution in [1.82, 2.24) is 4.90 Å². The number of nitrogens with zero attached hydrogens (tertiary/aromatic N) is 1. The van der Waals surface area contributed by atoms with Gasteiger partial charge < -0.3 is 4.74 Å². The highest BCUT2D eigenvalue weighted by atomic mass is 16.5. The lowest BCUT2D eigenvalue weighted by molar-refractivity contribution is -0.132. The summed E-state index contributed by atoms with van der Waals surface area (Å²) in [6.07, 6.45) is 4.62. The molecule has 0 aromatic rings. The van der Waals surface area contributed by atoms with Gasteiger partial charge in [0, 0.05) is 19.6 Å². The van der Waals surface area contributed by atoms with Crippen LogP contribution in [0.3, 0.4) is 0 Å². The van der Waals surface area contributed by atoms with Gasteiger partial charge in [0.1, 0.15) is 0 Å². The minimum atomic E-state index is -0.252. The van der Waals surface area contributed by atoms with Crippen molar-refractivity contribution in [2.45, 2.75) is 51.5 Å². The van der Waals surface area contributed by atoms with Gasteiger partial charge in [0.2, 0.25) is 0 Å². The Kier molecular flexibility index (Phi) is 5.60. The molecule has 17 heavy (non-hydrogen) atoms. The molecule has 1 heterocycles. The summed E-state index contributed by atoms with van der Waals surface area (Å²) in [4.78, 5) is 14.7. The van der Waals surface area contributed by atoms with Crippen LogP contribution in [0.5, 0.6) is 0 Å². The largest absolute Gasteiger partial charge is 0.381 e. The molecule has 0 bridgehead atoms. The average Bonchev–Trinajstić information content (AvgIpc) is 2.32. The molecule has 1 aliphatic rings. The van der Waals surface area contributed by atoms with Gasteiger partial charge in [-0.2, -0.15) is 0 Å². The second kappa shape index (κ2) is 6.50. The second-order valence-electron chi connectivity index (χ2n) is 5.32. The van der Waals surface area contributed by atoms with Crippen molar-refractivity contribution in [2.75, 3.05) is 27.3 Å². The zero-order valence-corrected chi connectivity index (χ0v) is 11.8. The lowest BCUT2D eigenvalue weighted by Gasteiger charge is -2.38. The van der Waals surface area contributed by atoms with Crippen LogP contribution in [0.25, 0.3) is 0 Å². The summed E-state index contributed by atoms with van der Waals surface area (Å²) in [5, 5.41) is 0. The van der Waals surface area contributed by atoms with Crippen LogP contribution < -0.4 is 0 Å². The topological polar surface area (TPSA) is 29.5 Å². The van der Waals surface area contributed by atoms with Crippen LogP contribution in [0.15, 0.2) is 0 Å². The monoisotopic (exact) mass is 241 g/mol. The van der Waals surface area contributed by atoms with E-state index in [1.54, 1.807) is 0 Å². The quantitative estimate of drug-likeness (QED) is 0.715. The van der Waals surface area contributed by atoms with E-state index in [0.717, 1.165) is 45.3 Å². The minimum Gasteiger partial charge on any atom is -0.381 e. The molecule has 1 saturated heterocycles. The van der Waals surface area contributed by atoms with E-state index in [1.165, 1.54) is 0 Å². The maximum absolute atomic E-state index is 12.6. The normalized spacial score (nSPS) is 18.6. The molecule has 0 unspecified atom stereocenters. The third-order valence-electron chi connectivity index (χ3n) is 4.36. The molecule has 3 nitrogen and oxygen atoms in total. The number of hydrogen-bond donors (Lipinski definition) is 0. The molecule has 0 aromatic carbocycles. The molecular formula is C14H27NO2. The Morgan fingerprint density at radius 2 is 1.76 bits per heavy atom. The number of ketones is 1. The summed E-state index contributed by atoms with van der Waals surface area (Å²) >= 11 is 0. The molecule has 0 aliphatic carbocycles. The Bertz CT molecular complexity index is 241. The Hall–Kier alpha value is -0.410. The summed E-state index contributed by atoms with van der Waals surface area (Å²) in [6, 6.07) is 0. The summed E-state index contributed by atoms with van der Waals surface area (Å²) in [7, 11) is 4.05. The molecule has 1 aliphatic heterocycles. The minimum absolute atomic E-state index is 0.252. The fraction of sp³-hybridized carbons (Fsp3) is 0.929. The SMILES string of the molecule is CCC(CC)(C(=O)CC1CCOCC1)N(C)C. The first-order valence-corrected chi connectivity index (χ1v) is 6.85. The Morgan fingerprint density at radius 3 is 2.18 bits per heavy atom. The standard InChI is InChI=1S/C14H27NO2/c1-5-14(6-2,15(3)4)13(16)11-12-7-9-17-10-8-12/h12H,5-11H2,1-4H3. The van der Waals surface area contributed by atoms with E-state index in [-0.39, 0.29) is 5.54 Å². The van der Waals surface area contributed by atoms with Gasteiger partial charge in [-0.05, 0) is 45.7 Å². The van der Waals surface area contributed by atoms with Gasteiger partial charge in [-0.1, -0.05) is 13.8 Å². The highest BCUT2D eigenvalue weighted by Crippen LogP contribution is 2.28. The van der Waals surface area contributed by atoms with Gasteiger partial charge in [-0.25, -0.2) is 0 Å². The van der Waals surface area contributed by atoms with Crippen LogP contribution in [0, 0.1) is 5.92 Å². The summed E-state index contributed by atoms with van der Waals surface area (Å²) in [6.45, 7) is 5.88. The van der Waals surface area contributed by atoms with Crippen LogP contribution in [0.2, 0.25) is 0 Å². The summed E-state index contributed by atoms with van der Waals surface area (Å²) in [5.41, 5.74) is -0.252. The van der Waals surface area contributed by atoms with Crippen LogP contribution in [-0.2, 0) is 9.53 Å². The fourth-order valence-corrected chi connectivity index (χ4v) is 2.93. The maximum Gasteiger partial charge on any atom is 0.153 e. The molecule has 100 valence electrons. The molecule has 3 heteroatoms. The highest BCUT2D eigenvalue weighted by molar-refractivity contribution is 5.88. The zero-order valence-electron chi connectivity index (χ0n) is 11.8. The molecule has 1 rings (SSSR count). The van der Waals surface area contributed by atoms with E-state index >= 15 is 0 Å². The van der Waals surface area contributed by atoms with Gasteiger partial charge in [-0.3, -0.25) is 9.69 Å². The predicted octanol–water partition coefficient (Wildman–Crippen LogP) is 2.49. The van der Waals surface area contributed by atoms with Crippen molar-refractivity contribution in [3.8, 4) is 0 Å². The van der Waals surface area contributed by atoms with E-state index in [4.69, 9.17) is 4.74 Å². The number of rotatable bonds is 6. The number of ether oxygens (including phenoxy) is 1. The summed E-state index contributed by atoms with van der Waals surface area (Å²) in [5.74, 6) is 0.952. The van der Waals surface area contributed by atoms with E-state index in [0.29, 0.717) is 11.7 Å². The van der Waals surface area contributed by atoms with Crippen molar-refractivity contribution in [3.05, 3.63) is 0 Å². The van der Waals surface area contributed by atoms with E-state index in [9.17, 15) is 4.79 Å². The Balaban J connectivity index is 2.64. The first kappa shape index (κ1) is 14.7. The van der Waals surface area contributed by atoms with Crippen molar-refractivity contribution in [3.63, 3.8) is 0 Å². The molecule has 1 fully saturated rings. The van der Waals surface area contributed by atoms with E-state index in [1.807, 2.05) is 14.1 Å². The molecule has 0 amide bonds. The van der Waals surface area contributed by atoms with Crippen LogP contribution in [-0.4, -0.2) is 43.5 Å². The smallest absolute Gasteiger partial charge is 0.153 e. The third kappa shape index (κ3) is 3.29. The van der Waals surface area contributed by atoms with Gasteiger partial charge in [0.05, 0.1) is 5.54 Å². The van der Waals surface area contributed by atoms with Crippen LogP contribution in [0.1, 0.15) is 46.0 Å². The summed E-state index contributed by atoms with van der Waals surface area (Å²) < 4.78 is 5.35. The van der Waals surface area contributed by atoms with Crippen molar-refractivity contribution in [1.29, 1.82) is 0 Å². The molecule has 0 aromatic heterocycles. The number of hydrogen-bond acceptors (Lipinski definition) is 3. The Labute approximate surface area is 106 Å². The molecule has 0 atom stereocenters. The van der Waals surface area contributed by atoms with E-state index in [2.05, 4.69) is 18.7 Å². The fourth-order valence-electron chi connectivity index (χ4n) is 2.93. The van der Waals surface area contributed by atoms with E-state index < -0.39 is 0 Å². The molecule has 0 saturated carbocycles. The molecule has 0 spiro atoms. The number of likely N-dealkylation sites (N-methyl/N-ethyl adjacent to an activating group) is 1. The number of carbonyl (C=O) groups excluding carboxylic acids is 1. The first-order valence-electron chi connectivity index (χ1n) is 6.85. The van der Waals surface area contributed by atoms with Gasteiger partial charge in [0.25, 0.3) is 0 Å². The van der Waals surface area contributed by atoms with Crippen molar-refractivity contribution >= 4 is 5.78 Å². The van der Waals surface area contributed by atoms with Gasteiger partial charge >= 0.3 is 0 Å². The first-order chi connectivity index (χ1) is 8.06. The Morgan fingerprint density at radius 1 is 1.24 bits per heavy atom. The lowest BCUT2D eigenvalue weighted by Crippen LogP contribution is -2.50. The molecular weight excluding hydrogens is 214 g/mol.